The number of phenolic OH excluding ortho intramolecular Hbond substituents is 1. The molecule has 1 aromatic heterocycles. The monoisotopic (exact) mass is 930 g/mol. The van der Waals surface area contributed by atoms with Gasteiger partial charge in [0.1, 0.15) is 29.6 Å². The molecule has 4 aromatic carbocycles. The number of amides is 4. The number of hydrogen-bond donors (Lipinski definition) is 7. The number of phenols is 1. The van der Waals surface area contributed by atoms with E-state index in [4.69, 9.17) is 10.5 Å². The number of ether oxygens (including phenoxy) is 1. The summed E-state index contributed by atoms with van der Waals surface area (Å²) in [6.45, 7) is 4.45. The third kappa shape index (κ3) is 16.7. The summed E-state index contributed by atoms with van der Waals surface area (Å²) >= 11 is 0. The van der Waals surface area contributed by atoms with Gasteiger partial charge in [-0.2, -0.15) is 0 Å². The molecule has 15 nitrogen and oxygen atoms in total. The Morgan fingerprint density at radius 1 is 0.691 bits per heavy atom. The molecule has 0 aliphatic heterocycles. The van der Waals surface area contributed by atoms with Crippen molar-refractivity contribution in [3.8, 4) is 11.5 Å². The predicted molar refractivity (Wildman–Crippen MR) is 261 cm³/mol. The normalized spacial score (nSPS) is 13.3. The fourth-order valence-corrected chi connectivity index (χ4v) is 7.91. The number of carbonyl (C=O) groups is 5. The summed E-state index contributed by atoms with van der Waals surface area (Å²) in [6.07, 6.45) is 10.3. The summed E-state index contributed by atoms with van der Waals surface area (Å²) < 4.78 is 7.34. The highest BCUT2D eigenvalue weighted by Crippen LogP contribution is 2.28. The zero-order chi connectivity index (χ0) is 48.8. The molecule has 5 rings (SSSR count). The largest absolute Gasteiger partial charge is 0.508 e. The molecule has 1 heterocycles. The number of aryl methyl sites for hydroxylation is 1. The number of nitrogens with one attached hydrogen (secondary N) is 4. The number of carboxylic acid groups (broad SMARTS) is 1. The van der Waals surface area contributed by atoms with Crippen molar-refractivity contribution in [1.29, 1.82) is 0 Å². The molecule has 0 spiro atoms. The van der Waals surface area contributed by atoms with Crippen molar-refractivity contribution in [2.75, 3.05) is 13.7 Å². The SMILES string of the molecule is CCCCCCCC(=O)NCCCCC(NC(=O)C(N)Cc1cn(C(c2ccccc2)c2ccc(OC)cc2)cn1)C(=O)NC(Cc1ccc(C)cc1)C(=O)NC(Cc1ccc(O)cc1)C(=O)O. The fraction of sp³-hybridized carbons (Fsp3) is 0.396. The number of carbonyl (C=O) groups excluding carboxylic acids is 4. The molecule has 0 bridgehead atoms. The van der Waals surface area contributed by atoms with Gasteiger partial charge in [0.05, 0.1) is 31.2 Å². The molecule has 68 heavy (non-hydrogen) atoms. The lowest BCUT2D eigenvalue weighted by molar-refractivity contribution is -0.142. The Hall–Kier alpha value is -7.00. The summed E-state index contributed by atoms with van der Waals surface area (Å²) in [6, 6.07) is 26.0. The molecular formula is C53H67N7O8. The molecule has 362 valence electrons. The van der Waals surface area contributed by atoms with Crippen molar-refractivity contribution < 1.29 is 38.9 Å². The van der Waals surface area contributed by atoms with Crippen LogP contribution in [0.3, 0.4) is 0 Å². The number of nitrogens with two attached hydrogens (primary N) is 1. The summed E-state index contributed by atoms with van der Waals surface area (Å²) in [7, 11) is 1.61. The van der Waals surface area contributed by atoms with E-state index >= 15 is 0 Å². The lowest BCUT2D eigenvalue weighted by Crippen LogP contribution is -2.58. The number of hydrogen-bond acceptors (Lipinski definition) is 9. The van der Waals surface area contributed by atoms with Gasteiger partial charge in [0.15, 0.2) is 0 Å². The van der Waals surface area contributed by atoms with Crippen LogP contribution in [0, 0.1) is 6.92 Å². The van der Waals surface area contributed by atoms with Crippen LogP contribution < -0.4 is 31.7 Å². The Labute approximate surface area is 399 Å². The highest BCUT2D eigenvalue weighted by Gasteiger charge is 2.31. The van der Waals surface area contributed by atoms with Crippen LogP contribution in [0.25, 0.3) is 0 Å². The van der Waals surface area contributed by atoms with Crippen LogP contribution in [-0.2, 0) is 43.2 Å². The maximum absolute atomic E-state index is 14.3. The van der Waals surface area contributed by atoms with Gasteiger partial charge in [-0.15, -0.1) is 0 Å². The molecule has 0 aliphatic carbocycles. The van der Waals surface area contributed by atoms with Crippen LogP contribution in [0.5, 0.6) is 11.5 Å². The van der Waals surface area contributed by atoms with E-state index in [0.717, 1.165) is 54.5 Å². The van der Waals surface area contributed by atoms with E-state index in [1.807, 2.05) is 96.6 Å². The maximum atomic E-state index is 14.3. The molecule has 5 aromatic rings. The third-order valence-corrected chi connectivity index (χ3v) is 11.8. The first-order valence-corrected chi connectivity index (χ1v) is 23.5. The highest BCUT2D eigenvalue weighted by molar-refractivity contribution is 5.94. The van der Waals surface area contributed by atoms with Crippen LogP contribution in [0.4, 0.5) is 0 Å². The van der Waals surface area contributed by atoms with Gasteiger partial charge in [-0.3, -0.25) is 19.2 Å². The molecule has 5 unspecified atom stereocenters. The maximum Gasteiger partial charge on any atom is 0.326 e. The molecular weight excluding hydrogens is 863 g/mol. The zero-order valence-corrected chi connectivity index (χ0v) is 39.4. The molecule has 8 N–H and O–H groups in total. The van der Waals surface area contributed by atoms with Crippen molar-refractivity contribution in [3.05, 3.63) is 149 Å². The predicted octanol–water partition coefficient (Wildman–Crippen LogP) is 6.08. The third-order valence-electron chi connectivity index (χ3n) is 11.8. The van der Waals surface area contributed by atoms with Gasteiger partial charge in [-0.25, -0.2) is 9.78 Å². The quantitative estimate of drug-likeness (QED) is 0.0286. The summed E-state index contributed by atoms with van der Waals surface area (Å²) in [5.41, 5.74) is 11.4. The van der Waals surface area contributed by atoms with E-state index in [1.165, 1.54) is 12.1 Å². The lowest BCUT2D eigenvalue weighted by atomic mass is 9.98. The van der Waals surface area contributed by atoms with Gasteiger partial charge in [0.25, 0.3) is 0 Å². The van der Waals surface area contributed by atoms with Crippen molar-refractivity contribution >= 4 is 29.6 Å². The molecule has 4 amide bonds. The highest BCUT2D eigenvalue weighted by atomic mass is 16.5. The number of aromatic nitrogens is 2. The Morgan fingerprint density at radius 3 is 1.96 bits per heavy atom. The number of nitrogens with zero attached hydrogens (tertiary/aromatic N) is 2. The number of methoxy groups -OCH3 is 1. The molecule has 0 saturated carbocycles. The van der Waals surface area contributed by atoms with Gasteiger partial charge in [-0.1, -0.05) is 117 Å². The fourth-order valence-electron chi connectivity index (χ4n) is 7.91. The topological polar surface area (TPSA) is 227 Å². The minimum absolute atomic E-state index is 0.0135. The molecule has 15 heteroatoms. The van der Waals surface area contributed by atoms with Crippen LogP contribution >= 0.6 is 0 Å². The van der Waals surface area contributed by atoms with Gasteiger partial charge in [0, 0.05) is 38.4 Å². The Kier molecular flexibility index (Phi) is 20.6. The Bertz CT molecular complexity index is 2350. The Balaban J connectivity index is 1.31. The standard InChI is InChI=1S/C53H67N7O8/c1-4-5-6-7-11-17-48(62)55-30-13-12-16-45(51(64)58-46(31-37-20-18-36(2)19-21-37)52(65)59-47(53(66)67)32-38-22-26-42(61)27-23-38)57-50(63)44(54)33-41-34-60(35-56-41)49(39-14-9-8-10-15-39)40-24-28-43(68-3)29-25-40/h8-10,14-15,18-29,34-35,44-47,49,61H,4-7,11-13,16-17,30-33,54H2,1-3H3,(H,55,62)(H,57,63)(H,58,64)(H,59,65)(H,66,67). The van der Waals surface area contributed by atoms with Crippen LogP contribution in [-0.4, -0.2) is 87.2 Å². The molecule has 0 aliphatic rings. The number of carboxylic acids is 1. The van der Waals surface area contributed by atoms with E-state index in [1.54, 1.807) is 25.6 Å². The summed E-state index contributed by atoms with van der Waals surface area (Å²) in [4.78, 5) is 71.8. The second-order valence-electron chi connectivity index (χ2n) is 17.3. The van der Waals surface area contributed by atoms with Gasteiger partial charge in [0.2, 0.25) is 23.6 Å². The average Bonchev–Trinajstić information content (AvgIpc) is 3.79. The second kappa shape index (κ2) is 27.0. The van der Waals surface area contributed by atoms with E-state index in [-0.39, 0.29) is 43.4 Å². The van der Waals surface area contributed by atoms with Crippen LogP contribution in [0.2, 0.25) is 0 Å². The number of unbranched alkanes of at least 4 members (excludes halogenated alkanes) is 5. The van der Waals surface area contributed by atoms with Gasteiger partial charge >= 0.3 is 5.97 Å². The van der Waals surface area contributed by atoms with E-state index < -0.39 is 47.9 Å². The van der Waals surface area contributed by atoms with E-state index in [9.17, 15) is 34.2 Å². The van der Waals surface area contributed by atoms with Crippen molar-refractivity contribution in [1.82, 2.24) is 30.8 Å². The first-order chi connectivity index (χ1) is 32.8. The molecule has 0 saturated heterocycles. The van der Waals surface area contributed by atoms with E-state index in [0.29, 0.717) is 42.6 Å². The molecule has 0 fully saturated rings. The smallest absolute Gasteiger partial charge is 0.326 e. The van der Waals surface area contributed by atoms with Crippen LogP contribution in [0.15, 0.2) is 116 Å². The number of benzene rings is 4. The average molecular weight is 930 g/mol. The Morgan fingerprint density at radius 2 is 1.29 bits per heavy atom. The minimum Gasteiger partial charge on any atom is -0.508 e. The van der Waals surface area contributed by atoms with Crippen molar-refractivity contribution in [3.63, 3.8) is 0 Å². The first-order valence-electron chi connectivity index (χ1n) is 23.5. The number of imidazole rings is 1. The number of aromatic hydroxyl groups is 1. The van der Waals surface area contributed by atoms with Crippen LogP contribution in [0.1, 0.15) is 104 Å². The first kappa shape index (κ1) is 52.0. The van der Waals surface area contributed by atoms with E-state index in [2.05, 4.69) is 33.2 Å². The zero-order valence-electron chi connectivity index (χ0n) is 39.4. The summed E-state index contributed by atoms with van der Waals surface area (Å²) in [5, 5.41) is 31.0. The summed E-state index contributed by atoms with van der Waals surface area (Å²) in [5.74, 6) is -2.57. The van der Waals surface area contributed by atoms with Crippen molar-refractivity contribution in [2.45, 2.75) is 121 Å². The second-order valence-corrected chi connectivity index (χ2v) is 17.3. The lowest BCUT2D eigenvalue weighted by Gasteiger charge is -2.25. The number of rotatable bonds is 28. The van der Waals surface area contributed by atoms with Gasteiger partial charge in [-0.05, 0) is 79.1 Å². The molecule has 5 atom stereocenters. The molecule has 0 radical (unpaired) electrons. The van der Waals surface area contributed by atoms with Crippen molar-refractivity contribution in [2.24, 2.45) is 5.73 Å². The van der Waals surface area contributed by atoms with Gasteiger partial charge < -0.3 is 46.5 Å². The minimum atomic E-state index is -1.35. The number of aliphatic carboxylic acids is 1.